The van der Waals surface area contributed by atoms with Crippen LogP contribution in [0, 0.1) is 11.8 Å². The third-order valence-corrected chi connectivity index (χ3v) is 9.75. The number of fused-ring (bicyclic) bond motifs is 4. The zero-order valence-electron chi connectivity index (χ0n) is 27.6. The van der Waals surface area contributed by atoms with E-state index in [1.54, 1.807) is 13.8 Å². The lowest BCUT2D eigenvalue weighted by Crippen LogP contribution is -2.47. The van der Waals surface area contributed by atoms with Gasteiger partial charge in [-0.3, -0.25) is 4.79 Å². The molecule has 3 aromatic carbocycles. The summed E-state index contributed by atoms with van der Waals surface area (Å²) in [6, 6.07) is 14.6. The van der Waals surface area contributed by atoms with Gasteiger partial charge in [0.2, 0.25) is 5.91 Å². The Hall–Kier alpha value is -3.93. The molecular weight excluding hydrogens is 598 g/mol. The quantitative estimate of drug-likeness (QED) is 0.113. The van der Waals surface area contributed by atoms with Gasteiger partial charge >= 0.3 is 0 Å². The number of nitrogens with one attached hydrogen (secondary N) is 2. The number of nitrogens with two attached hydrogens (primary N) is 3. The number of carbonyl (C=O) groups is 1. The van der Waals surface area contributed by atoms with Crippen LogP contribution in [0.2, 0.25) is 0 Å². The number of nitrogens with zero attached hydrogens (tertiary/aromatic N) is 3. The largest absolute Gasteiger partial charge is 0.342 e. The minimum Gasteiger partial charge on any atom is -0.342 e. The molecule has 0 aliphatic carbocycles. The Morgan fingerprint density at radius 2 is 1.72 bits per heavy atom. The van der Waals surface area contributed by atoms with Crippen LogP contribution in [0.3, 0.4) is 0 Å². The third kappa shape index (κ3) is 6.61. The fourth-order valence-corrected chi connectivity index (χ4v) is 6.66. The number of rotatable bonds is 11. The molecule has 3 heterocycles. The standard InChI is InChI=1S/C36H46F2N8O/c1-19(2)26(40)15-24(6-5-13-39)33-43-28-12-9-23-14-21(7-10-25(23)32(28)45-33)22-8-11-27-29(16-22)44-34(42-27)30-17-36(37,38)18-46(30)35(47)31(41)20(3)4/h7-12,14,16,19-20,24,26,30-31H,5-6,13,15,17-18,39-41H2,1-4H3,(H,42,44)(H,43,45)/t24?,26-,30+,31+/m1/s1. The monoisotopic (exact) mass is 644 g/mol. The van der Waals surface area contributed by atoms with E-state index in [0.29, 0.717) is 29.3 Å². The molecule has 0 bridgehead atoms. The summed E-state index contributed by atoms with van der Waals surface area (Å²) in [4.78, 5) is 30.8. The molecule has 47 heavy (non-hydrogen) atoms. The number of alkyl halides is 2. The molecule has 5 aromatic rings. The number of halogens is 2. The second kappa shape index (κ2) is 12.9. The van der Waals surface area contributed by atoms with Crippen molar-refractivity contribution in [2.75, 3.05) is 13.1 Å². The van der Waals surface area contributed by atoms with Crippen molar-refractivity contribution in [1.29, 1.82) is 0 Å². The van der Waals surface area contributed by atoms with Crippen LogP contribution in [0.4, 0.5) is 8.78 Å². The Bertz CT molecular complexity index is 1900. The van der Waals surface area contributed by atoms with Crippen molar-refractivity contribution >= 4 is 38.7 Å². The number of aromatic nitrogens is 4. The number of carbonyl (C=O) groups excluding carboxylic acids is 1. The highest BCUT2D eigenvalue weighted by molar-refractivity contribution is 6.05. The molecule has 8 N–H and O–H groups in total. The van der Waals surface area contributed by atoms with E-state index in [4.69, 9.17) is 22.2 Å². The van der Waals surface area contributed by atoms with Crippen LogP contribution in [0.25, 0.3) is 44.0 Å². The summed E-state index contributed by atoms with van der Waals surface area (Å²) in [7, 11) is 0. The zero-order chi connectivity index (χ0) is 33.6. The maximum atomic E-state index is 14.6. The first-order valence-corrected chi connectivity index (χ1v) is 16.7. The average molecular weight is 645 g/mol. The molecule has 1 unspecified atom stereocenters. The van der Waals surface area contributed by atoms with Gasteiger partial charge in [0.05, 0.1) is 40.7 Å². The van der Waals surface area contributed by atoms with Gasteiger partial charge < -0.3 is 32.1 Å². The fraction of sp³-hybridized carbons (Fsp3) is 0.472. The molecule has 0 radical (unpaired) electrons. The number of amides is 1. The predicted octanol–water partition coefficient (Wildman–Crippen LogP) is 6.35. The van der Waals surface area contributed by atoms with Gasteiger partial charge in [-0.25, -0.2) is 18.7 Å². The van der Waals surface area contributed by atoms with Gasteiger partial charge in [-0.15, -0.1) is 0 Å². The first-order chi connectivity index (χ1) is 22.3. The molecule has 4 atom stereocenters. The number of imidazole rings is 2. The van der Waals surface area contributed by atoms with Gasteiger partial charge in [0.1, 0.15) is 11.6 Å². The lowest BCUT2D eigenvalue weighted by Gasteiger charge is -2.27. The lowest BCUT2D eigenvalue weighted by molar-refractivity contribution is -0.135. The number of benzene rings is 3. The van der Waals surface area contributed by atoms with Crippen LogP contribution in [-0.4, -0.2) is 61.8 Å². The summed E-state index contributed by atoms with van der Waals surface area (Å²) in [5, 5.41) is 2.11. The van der Waals surface area contributed by atoms with Crippen LogP contribution in [0.5, 0.6) is 0 Å². The molecule has 1 amide bonds. The summed E-state index contributed by atoms with van der Waals surface area (Å²) >= 11 is 0. The van der Waals surface area contributed by atoms with Crippen LogP contribution >= 0.6 is 0 Å². The molecule has 0 spiro atoms. The SMILES string of the molecule is CC(C)[C@H](N)CC(CCCN)c1nc2c(ccc3cc(-c4ccc5nc([C@@H]6CC(F)(F)CN6C(=O)[C@@H](N)C(C)C)[nH]c5c4)ccc32)[nH]1. The van der Waals surface area contributed by atoms with Crippen LogP contribution in [-0.2, 0) is 4.79 Å². The van der Waals surface area contributed by atoms with Gasteiger partial charge in [-0.05, 0) is 78.4 Å². The van der Waals surface area contributed by atoms with E-state index in [2.05, 4.69) is 59.1 Å². The molecule has 9 nitrogen and oxygen atoms in total. The van der Waals surface area contributed by atoms with Crippen molar-refractivity contribution in [1.82, 2.24) is 24.8 Å². The summed E-state index contributed by atoms with van der Waals surface area (Å²) in [5.41, 5.74) is 23.6. The minimum absolute atomic E-state index is 0.0808. The van der Waals surface area contributed by atoms with Crippen molar-refractivity contribution < 1.29 is 13.6 Å². The Labute approximate surface area is 273 Å². The first-order valence-electron chi connectivity index (χ1n) is 16.7. The maximum Gasteiger partial charge on any atom is 0.267 e. The Morgan fingerprint density at radius 1 is 0.979 bits per heavy atom. The summed E-state index contributed by atoms with van der Waals surface area (Å²) in [6.07, 6.45) is 2.19. The number of aromatic amines is 2. The van der Waals surface area contributed by atoms with E-state index < -0.39 is 36.9 Å². The highest BCUT2D eigenvalue weighted by Gasteiger charge is 2.49. The number of hydrogen-bond donors (Lipinski definition) is 5. The second-order valence-electron chi connectivity index (χ2n) is 14.0. The highest BCUT2D eigenvalue weighted by atomic mass is 19.3. The Balaban J connectivity index is 1.30. The van der Waals surface area contributed by atoms with E-state index in [0.717, 1.165) is 58.0 Å². The normalized spacial score (nSPS) is 18.6. The number of hydrogen-bond acceptors (Lipinski definition) is 6. The van der Waals surface area contributed by atoms with E-state index in [1.165, 1.54) is 4.90 Å². The molecule has 1 saturated heterocycles. The third-order valence-electron chi connectivity index (χ3n) is 9.75. The molecule has 1 aliphatic rings. The van der Waals surface area contributed by atoms with Gasteiger partial charge in [-0.2, -0.15) is 0 Å². The molecular formula is C36H46F2N8O. The van der Waals surface area contributed by atoms with Crippen molar-refractivity contribution in [2.24, 2.45) is 29.0 Å². The van der Waals surface area contributed by atoms with E-state index in [9.17, 15) is 13.6 Å². The second-order valence-corrected chi connectivity index (χ2v) is 14.0. The van der Waals surface area contributed by atoms with Crippen molar-refractivity contribution in [3.05, 3.63) is 60.2 Å². The number of likely N-dealkylation sites (tertiary alicyclic amines) is 1. The van der Waals surface area contributed by atoms with Crippen molar-refractivity contribution in [3.63, 3.8) is 0 Å². The first kappa shape index (κ1) is 33.0. The van der Waals surface area contributed by atoms with Crippen molar-refractivity contribution in [2.45, 2.75) is 83.3 Å². The van der Waals surface area contributed by atoms with Crippen LogP contribution in [0.1, 0.15) is 77.0 Å². The topological polar surface area (TPSA) is 156 Å². The molecule has 6 rings (SSSR count). The van der Waals surface area contributed by atoms with E-state index >= 15 is 0 Å². The summed E-state index contributed by atoms with van der Waals surface area (Å²) < 4.78 is 29.2. The van der Waals surface area contributed by atoms with Crippen LogP contribution in [0.15, 0.2) is 48.5 Å². The number of H-pyrrole nitrogens is 2. The Morgan fingerprint density at radius 3 is 2.45 bits per heavy atom. The predicted molar refractivity (Wildman–Crippen MR) is 184 cm³/mol. The van der Waals surface area contributed by atoms with Gasteiger partial charge in [-0.1, -0.05) is 52.0 Å². The zero-order valence-corrected chi connectivity index (χ0v) is 27.6. The van der Waals surface area contributed by atoms with Gasteiger partial charge in [0, 0.05) is 23.8 Å². The van der Waals surface area contributed by atoms with E-state index in [1.807, 2.05) is 18.2 Å². The lowest BCUT2D eigenvalue weighted by atomic mass is 9.90. The highest BCUT2D eigenvalue weighted by Crippen LogP contribution is 2.41. The minimum atomic E-state index is -3.01. The van der Waals surface area contributed by atoms with E-state index in [-0.39, 0.29) is 17.9 Å². The smallest absolute Gasteiger partial charge is 0.267 e. The van der Waals surface area contributed by atoms with Gasteiger partial charge in [0.25, 0.3) is 5.92 Å². The molecule has 1 aliphatic heterocycles. The summed E-state index contributed by atoms with van der Waals surface area (Å²) in [6.45, 7) is 7.88. The molecule has 11 heteroatoms. The Kier molecular flexibility index (Phi) is 9.08. The molecule has 2 aromatic heterocycles. The fourth-order valence-electron chi connectivity index (χ4n) is 6.66. The average Bonchev–Trinajstić information content (AvgIpc) is 3.75. The maximum absolute atomic E-state index is 14.6. The van der Waals surface area contributed by atoms with Crippen molar-refractivity contribution in [3.8, 4) is 11.1 Å². The summed E-state index contributed by atoms with van der Waals surface area (Å²) in [5.74, 6) is -1.79. The van der Waals surface area contributed by atoms with Gasteiger partial charge in [0.15, 0.2) is 0 Å². The van der Waals surface area contributed by atoms with Crippen LogP contribution < -0.4 is 17.2 Å². The molecule has 1 fully saturated rings. The molecule has 250 valence electrons. The molecule has 0 saturated carbocycles.